The number of para-hydroxylation sites is 2. The molecule has 0 aromatic heterocycles. The third-order valence-electron chi connectivity index (χ3n) is 3.12. The Kier molecular flexibility index (Phi) is 4.17. The zero-order valence-electron chi connectivity index (χ0n) is 11.7. The number of urea groups is 1. The molecule has 114 valence electrons. The average molecular weight is 312 g/mol. The molecule has 1 aliphatic heterocycles. The Bertz CT molecular complexity index is 671. The Labute approximate surface area is 122 Å². The van der Waals surface area contributed by atoms with Crippen LogP contribution in [0.2, 0.25) is 0 Å². The van der Waals surface area contributed by atoms with Crippen molar-refractivity contribution in [3.8, 4) is 5.75 Å². The van der Waals surface area contributed by atoms with E-state index in [1.165, 1.54) is 7.11 Å². The first-order valence-corrected chi connectivity index (χ1v) is 8.35. The molecule has 21 heavy (non-hydrogen) atoms. The summed E-state index contributed by atoms with van der Waals surface area (Å²) >= 11 is 0. The number of anilines is 1. The number of ether oxygens (including phenoxy) is 1. The molecule has 3 amide bonds. The van der Waals surface area contributed by atoms with E-state index in [1.54, 1.807) is 24.3 Å². The largest absolute Gasteiger partial charge is 0.495 e. The first kappa shape index (κ1) is 15.3. The summed E-state index contributed by atoms with van der Waals surface area (Å²) in [5.41, 5.74) is 0.337. The van der Waals surface area contributed by atoms with E-state index in [-0.39, 0.29) is 12.2 Å². The zero-order valence-corrected chi connectivity index (χ0v) is 12.5. The van der Waals surface area contributed by atoms with Crippen LogP contribution < -0.4 is 15.0 Å². The lowest BCUT2D eigenvalue weighted by Crippen LogP contribution is -2.32. The fourth-order valence-corrected chi connectivity index (χ4v) is 2.77. The van der Waals surface area contributed by atoms with Crippen LogP contribution in [0.3, 0.4) is 0 Å². The molecule has 0 saturated carbocycles. The number of imide groups is 1. The van der Waals surface area contributed by atoms with Crippen molar-refractivity contribution in [2.45, 2.75) is 12.5 Å². The van der Waals surface area contributed by atoms with Gasteiger partial charge in [0.2, 0.25) is 0 Å². The lowest BCUT2D eigenvalue weighted by molar-refractivity contribution is -0.118. The number of hydrogen-bond donors (Lipinski definition) is 1. The van der Waals surface area contributed by atoms with E-state index in [2.05, 4.69) is 5.32 Å². The minimum absolute atomic E-state index is 0.0507. The highest BCUT2D eigenvalue weighted by Crippen LogP contribution is 2.30. The Hall–Kier alpha value is -2.09. The van der Waals surface area contributed by atoms with Gasteiger partial charge >= 0.3 is 6.03 Å². The van der Waals surface area contributed by atoms with E-state index in [0.29, 0.717) is 11.4 Å². The maximum atomic E-state index is 12.3. The number of nitrogens with zero attached hydrogens (tertiary/aromatic N) is 1. The third kappa shape index (κ3) is 3.33. The number of rotatable bonds is 5. The fraction of sp³-hybridized carbons (Fsp3) is 0.385. The molecule has 2 rings (SSSR count). The summed E-state index contributed by atoms with van der Waals surface area (Å²) in [7, 11) is -1.75. The van der Waals surface area contributed by atoms with E-state index < -0.39 is 27.8 Å². The monoisotopic (exact) mass is 312 g/mol. The topological polar surface area (TPSA) is 92.8 Å². The van der Waals surface area contributed by atoms with Gasteiger partial charge in [0.05, 0.1) is 18.6 Å². The van der Waals surface area contributed by atoms with Gasteiger partial charge in [-0.3, -0.25) is 4.79 Å². The quantitative estimate of drug-likeness (QED) is 0.802. The number of nitrogens with one attached hydrogen (secondary N) is 1. The molecule has 1 saturated heterocycles. The molecule has 1 aliphatic rings. The molecule has 0 radical (unpaired) electrons. The molecule has 1 aromatic rings. The van der Waals surface area contributed by atoms with Gasteiger partial charge in [-0.2, -0.15) is 0 Å². The lowest BCUT2D eigenvalue weighted by Gasteiger charge is -2.16. The number of carbonyl (C=O) groups is 2. The Morgan fingerprint density at radius 2 is 1.95 bits per heavy atom. The van der Waals surface area contributed by atoms with Crippen molar-refractivity contribution in [2.24, 2.45) is 0 Å². The summed E-state index contributed by atoms with van der Waals surface area (Å²) in [6, 6.07) is 5.22. The van der Waals surface area contributed by atoms with Crippen molar-refractivity contribution in [1.29, 1.82) is 0 Å². The molecule has 1 aromatic carbocycles. The Balaban J connectivity index is 2.22. The number of amides is 3. The van der Waals surface area contributed by atoms with Gasteiger partial charge < -0.3 is 10.1 Å². The standard InChI is InChI=1S/C13H16N2O5S/c1-20-11-6-4-3-5-10(11)15-12(16)9(14-13(15)17)7-8-21(2,18)19/h3-6,9H,7-8H2,1-2H3,(H,14,17). The first-order valence-electron chi connectivity index (χ1n) is 6.28. The highest BCUT2D eigenvalue weighted by Gasteiger charge is 2.40. The van der Waals surface area contributed by atoms with Crippen LogP contribution in [-0.2, 0) is 14.6 Å². The first-order chi connectivity index (χ1) is 9.83. The van der Waals surface area contributed by atoms with E-state index in [9.17, 15) is 18.0 Å². The summed E-state index contributed by atoms with van der Waals surface area (Å²) < 4.78 is 27.5. The Morgan fingerprint density at radius 1 is 1.29 bits per heavy atom. The van der Waals surface area contributed by atoms with Gasteiger partial charge in [-0.25, -0.2) is 18.1 Å². The maximum Gasteiger partial charge on any atom is 0.329 e. The molecule has 1 atom stereocenters. The van der Waals surface area contributed by atoms with Crippen LogP contribution in [0.1, 0.15) is 6.42 Å². The minimum Gasteiger partial charge on any atom is -0.495 e. The molecule has 1 unspecified atom stereocenters. The van der Waals surface area contributed by atoms with Crippen molar-refractivity contribution in [3.05, 3.63) is 24.3 Å². The number of carbonyl (C=O) groups excluding carboxylic acids is 2. The number of methoxy groups -OCH3 is 1. The van der Waals surface area contributed by atoms with Crippen molar-refractivity contribution in [1.82, 2.24) is 5.32 Å². The number of sulfone groups is 1. The van der Waals surface area contributed by atoms with Crippen LogP contribution in [0.5, 0.6) is 5.75 Å². The molecule has 0 aliphatic carbocycles. The van der Waals surface area contributed by atoms with Gasteiger partial charge in [0, 0.05) is 6.26 Å². The van der Waals surface area contributed by atoms with Gasteiger partial charge in [0.15, 0.2) is 0 Å². The highest BCUT2D eigenvalue weighted by atomic mass is 32.2. The molecular formula is C13H16N2O5S. The van der Waals surface area contributed by atoms with Gasteiger partial charge in [-0.1, -0.05) is 12.1 Å². The lowest BCUT2D eigenvalue weighted by atomic mass is 10.2. The smallest absolute Gasteiger partial charge is 0.329 e. The summed E-state index contributed by atoms with van der Waals surface area (Å²) in [4.78, 5) is 25.2. The molecule has 1 heterocycles. The van der Waals surface area contributed by atoms with Crippen LogP contribution in [0.15, 0.2) is 24.3 Å². The van der Waals surface area contributed by atoms with E-state index in [1.807, 2.05) is 0 Å². The van der Waals surface area contributed by atoms with Crippen molar-refractivity contribution in [3.63, 3.8) is 0 Å². The molecule has 1 fully saturated rings. The second kappa shape index (κ2) is 5.72. The normalized spacial score (nSPS) is 18.8. The Morgan fingerprint density at radius 3 is 2.57 bits per heavy atom. The average Bonchev–Trinajstić information content (AvgIpc) is 2.70. The zero-order chi connectivity index (χ0) is 15.6. The van der Waals surface area contributed by atoms with Crippen LogP contribution in [0.25, 0.3) is 0 Å². The third-order valence-corrected chi connectivity index (χ3v) is 4.10. The maximum absolute atomic E-state index is 12.3. The van der Waals surface area contributed by atoms with Crippen LogP contribution >= 0.6 is 0 Å². The predicted octanol–water partition coefficient (Wildman–Crippen LogP) is 0.555. The van der Waals surface area contributed by atoms with Crippen molar-refractivity contribution in [2.75, 3.05) is 24.0 Å². The minimum atomic E-state index is -3.19. The van der Waals surface area contributed by atoms with Crippen LogP contribution in [0.4, 0.5) is 10.5 Å². The number of hydrogen-bond acceptors (Lipinski definition) is 5. The van der Waals surface area contributed by atoms with Gasteiger partial charge in [0.1, 0.15) is 21.6 Å². The highest BCUT2D eigenvalue weighted by molar-refractivity contribution is 7.90. The molecule has 1 N–H and O–H groups in total. The predicted molar refractivity (Wildman–Crippen MR) is 77.1 cm³/mol. The van der Waals surface area contributed by atoms with Crippen molar-refractivity contribution < 1.29 is 22.7 Å². The number of benzene rings is 1. The molecule has 0 spiro atoms. The fourth-order valence-electron chi connectivity index (χ4n) is 2.10. The summed E-state index contributed by atoms with van der Waals surface area (Å²) in [5, 5.41) is 2.49. The van der Waals surface area contributed by atoms with E-state index in [4.69, 9.17) is 4.74 Å². The summed E-state index contributed by atoms with van der Waals surface area (Å²) in [5.74, 6) is -0.249. The van der Waals surface area contributed by atoms with Gasteiger partial charge in [-0.05, 0) is 18.6 Å². The summed E-state index contributed by atoms with van der Waals surface area (Å²) in [6.45, 7) is 0. The van der Waals surface area contributed by atoms with Gasteiger partial charge in [-0.15, -0.1) is 0 Å². The van der Waals surface area contributed by atoms with E-state index in [0.717, 1.165) is 11.2 Å². The molecule has 0 bridgehead atoms. The SMILES string of the molecule is COc1ccccc1N1C(=O)NC(CCS(C)(=O)=O)C1=O. The van der Waals surface area contributed by atoms with E-state index >= 15 is 0 Å². The second-order valence-electron chi connectivity index (χ2n) is 4.77. The molecule has 8 heteroatoms. The molecular weight excluding hydrogens is 296 g/mol. The summed E-state index contributed by atoms with van der Waals surface area (Å²) in [6.07, 6.45) is 1.14. The molecule has 7 nitrogen and oxygen atoms in total. The van der Waals surface area contributed by atoms with Crippen molar-refractivity contribution >= 4 is 27.5 Å². The van der Waals surface area contributed by atoms with Crippen LogP contribution in [-0.4, -0.2) is 45.5 Å². The van der Waals surface area contributed by atoms with Crippen LogP contribution in [0, 0.1) is 0 Å². The second-order valence-corrected chi connectivity index (χ2v) is 7.03. The van der Waals surface area contributed by atoms with Gasteiger partial charge in [0.25, 0.3) is 5.91 Å².